The van der Waals surface area contributed by atoms with Gasteiger partial charge in [0.1, 0.15) is 53.6 Å². The summed E-state index contributed by atoms with van der Waals surface area (Å²) < 4.78 is 5.34. The summed E-state index contributed by atoms with van der Waals surface area (Å²) in [4.78, 5) is 121. The number of carbonyl (C=O) groups excluding carboxylic acids is 8. The Bertz CT molecular complexity index is 1880. The maximum atomic E-state index is 13.7. The molecule has 0 aliphatic carbocycles. The number of carboxylic acids is 1. The van der Waals surface area contributed by atoms with Crippen LogP contribution < -0.4 is 37.2 Å². The lowest BCUT2D eigenvalue weighted by Gasteiger charge is -2.29. The van der Waals surface area contributed by atoms with E-state index in [1.54, 1.807) is 34.6 Å². The summed E-state index contributed by atoms with van der Waals surface area (Å²) in [6.45, 7) is 20.7. The van der Waals surface area contributed by atoms with Crippen LogP contribution in [-0.2, 0) is 49.5 Å². The summed E-state index contributed by atoms with van der Waals surface area (Å²) in [5.41, 5.74) is -0.248. The van der Waals surface area contributed by atoms with Crippen LogP contribution in [0.25, 0.3) is 0 Å². The zero-order valence-electron chi connectivity index (χ0n) is 41.2. The van der Waals surface area contributed by atoms with Gasteiger partial charge < -0.3 is 57.1 Å². The standard InChI is InChI=1S/C47H76N8O12/c1-25(2)20-32(39(58)52-35(45(64)65)23-30-15-17-31(56)18-16-30)51-42(61)36-14-13-19-55(36)44(63)29(9)49-37(57)24-48-43(62)38(28(7)8)54-41(60)33(21-26(3)4)50-40(59)34(22-27(5)6)53-46(66)67-47(10,11)12/h15-18,25-29,32-36,38,56H,13-14,19-24H2,1-12H3,(H,48,62)(H,49,57)(H,50,59)(H,51,61)(H,52,58)(H,53,66)(H,54,60)(H,64,65). The molecule has 0 bridgehead atoms. The van der Waals surface area contributed by atoms with E-state index in [9.17, 15) is 53.4 Å². The van der Waals surface area contributed by atoms with Crippen LogP contribution in [0.2, 0.25) is 0 Å². The second-order valence-corrected chi connectivity index (χ2v) is 19.9. The van der Waals surface area contributed by atoms with Crippen LogP contribution in [0.4, 0.5) is 4.79 Å². The molecule has 1 saturated heterocycles. The molecule has 1 heterocycles. The Morgan fingerprint density at radius 3 is 1.66 bits per heavy atom. The highest BCUT2D eigenvalue weighted by atomic mass is 16.6. The molecule has 7 unspecified atom stereocenters. The van der Waals surface area contributed by atoms with Gasteiger partial charge in [-0.05, 0) is 101 Å². The Hall–Kier alpha value is -5.95. The maximum absolute atomic E-state index is 13.7. The van der Waals surface area contributed by atoms with Crippen molar-refractivity contribution in [3.63, 3.8) is 0 Å². The molecule has 1 aromatic carbocycles. The van der Waals surface area contributed by atoms with Crippen LogP contribution in [0.3, 0.4) is 0 Å². The van der Waals surface area contributed by atoms with Crippen molar-refractivity contribution < 1.29 is 58.1 Å². The third-order valence-corrected chi connectivity index (χ3v) is 10.6. The van der Waals surface area contributed by atoms with Gasteiger partial charge in [0.2, 0.25) is 41.4 Å². The van der Waals surface area contributed by atoms with E-state index in [0.717, 1.165) is 0 Å². The van der Waals surface area contributed by atoms with E-state index in [1.165, 1.54) is 36.1 Å². The lowest BCUT2D eigenvalue weighted by atomic mass is 9.98. The van der Waals surface area contributed by atoms with Crippen LogP contribution in [-0.4, -0.2) is 130 Å². The van der Waals surface area contributed by atoms with Crippen molar-refractivity contribution in [3.05, 3.63) is 29.8 Å². The highest BCUT2D eigenvalue weighted by molar-refractivity contribution is 5.97. The minimum Gasteiger partial charge on any atom is -0.508 e. The second kappa shape index (κ2) is 26.4. The Morgan fingerprint density at radius 1 is 0.672 bits per heavy atom. The lowest BCUT2D eigenvalue weighted by Crippen LogP contribution is -2.59. The van der Waals surface area contributed by atoms with E-state index in [4.69, 9.17) is 4.74 Å². The quantitative estimate of drug-likeness (QED) is 0.0722. The number of hydrogen-bond acceptors (Lipinski definition) is 11. The molecule has 7 atom stereocenters. The number of rotatable bonds is 24. The van der Waals surface area contributed by atoms with Crippen LogP contribution in [0, 0.1) is 23.7 Å². The monoisotopic (exact) mass is 945 g/mol. The zero-order chi connectivity index (χ0) is 50.9. The Kier molecular flexibility index (Phi) is 22.5. The van der Waals surface area contributed by atoms with Gasteiger partial charge in [0.05, 0.1) is 6.54 Å². The summed E-state index contributed by atoms with van der Waals surface area (Å²) in [5.74, 6) is -6.46. The smallest absolute Gasteiger partial charge is 0.408 e. The summed E-state index contributed by atoms with van der Waals surface area (Å²) >= 11 is 0. The van der Waals surface area contributed by atoms with Gasteiger partial charge in [-0.15, -0.1) is 0 Å². The summed E-state index contributed by atoms with van der Waals surface area (Å²) in [5, 5.41) is 37.8. The van der Waals surface area contributed by atoms with E-state index in [1.807, 2.05) is 41.5 Å². The number of nitrogens with one attached hydrogen (secondary N) is 7. The number of amides is 8. The lowest BCUT2D eigenvalue weighted by molar-refractivity contribution is -0.143. The molecule has 0 saturated carbocycles. The molecule has 1 fully saturated rings. The number of carbonyl (C=O) groups is 9. The number of ether oxygens (including phenoxy) is 1. The van der Waals surface area contributed by atoms with E-state index in [0.29, 0.717) is 12.0 Å². The van der Waals surface area contributed by atoms with Crippen molar-refractivity contribution in [1.82, 2.24) is 42.1 Å². The van der Waals surface area contributed by atoms with Gasteiger partial charge in [0.25, 0.3) is 0 Å². The first-order valence-electron chi connectivity index (χ1n) is 23.2. The van der Waals surface area contributed by atoms with Gasteiger partial charge in [0, 0.05) is 13.0 Å². The Balaban J connectivity index is 2.07. The van der Waals surface area contributed by atoms with Gasteiger partial charge in [-0.2, -0.15) is 0 Å². The molecule has 0 spiro atoms. The predicted molar refractivity (Wildman–Crippen MR) is 249 cm³/mol. The number of aliphatic carboxylic acids is 1. The summed E-state index contributed by atoms with van der Waals surface area (Å²) in [7, 11) is 0. The van der Waals surface area contributed by atoms with Crippen molar-refractivity contribution in [2.24, 2.45) is 23.7 Å². The number of nitrogens with zero attached hydrogens (tertiary/aromatic N) is 1. The van der Waals surface area contributed by atoms with Crippen molar-refractivity contribution in [2.75, 3.05) is 13.1 Å². The van der Waals surface area contributed by atoms with E-state index >= 15 is 0 Å². The molecule has 20 nitrogen and oxygen atoms in total. The first-order valence-corrected chi connectivity index (χ1v) is 23.2. The number of carboxylic acid groups (broad SMARTS) is 1. The maximum Gasteiger partial charge on any atom is 0.408 e. The topological polar surface area (TPSA) is 291 Å². The molecule has 0 aromatic heterocycles. The Morgan fingerprint density at radius 2 is 1.16 bits per heavy atom. The van der Waals surface area contributed by atoms with Gasteiger partial charge in [-0.3, -0.25) is 33.6 Å². The van der Waals surface area contributed by atoms with E-state index in [-0.39, 0.29) is 62.2 Å². The van der Waals surface area contributed by atoms with E-state index in [2.05, 4.69) is 37.2 Å². The number of alkyl carbamates (subject to hydrolysis) is 1. The highest BCUT2D eigenvalue weighted by Crippen LogP contribution is 2.20. The van der Waals surface area contributed by atoms with E-state index < -0.39 is 114 Å². The molecular weight excluding hydrogens is 869 g/mol. The average molecular weight is 945 g/mol. The molecule has 9 N–H and O–H groups in total. The molecule has 8 amide bonds. The largest absolute Gasteiger partial charge is 0.508 e. The van der Waals surface area contributed by atoms with Gasteiger partial charge in [-0.1, -0.05) is 67.5 Å². The number of phenolic OH excluding ortho intramolecular Hbond substituents is 1. The zero-order valence-corrected chi connectivity index (χ0v) is 41.2. The number of hydrogen-bond donors (Lipinski definition) is 9. The highest BCUT2D eigenvalue weighted by Gasteiger charge is 2.39. The predicted octanol–water partition coefficient (Wildman–Crippen LogP) is 2.26. The Labute approximate surface area is 394 Å². The fourth-order valence-corrected chi connectivity index (χ4v) is 7.41. The molecular formula is C47H76N8O12. The van der Waals surface area contributed by atoms with Crippen molar-refractivity contribution in [3.8, 4) is 5.75 Å². The first-order chi connectivity index (χ1) is 31.1. The molecule has 376 valence electrons. The first kappa shape index (κ1) is 57.2. The normalized spacial score (nSPS) is 16.5. The van der Waals surface area contributed by atoms with Crippen LogP contribution in [0.15, 0.2) is 24.3 Å². The molecule has 1 aliphatic rings. The molecule has 1 aromatic rings. The van der Waals surface area contributed by atoms with Crippen molar-refractivity contribution >= 4 is 53.4 Å². The minimum atomic E-state index is -1.33. The fourth-order valence-electron chi connectivity index (χ4n) is 7.41. The molecule has 1 aliphatic heterocycles. The average Bonchev–Trinajstić information content (AvgIpc) is 3.70. The second-order valence-electron chi connectivity index (χ2n) is 19.9. The van der Waals surface area contributed by atoms with Gasteiger partial charge in [0.15, 0.2) is 0 Å². The number of likely N-dealkylation sites (tertiary alicyclic amines) is 1. The van der Waals surface area contributed by atoms with Crippen molar-refractivity contribution in [1.29, 1.82) is 0 Å². The number of benzene rings is 1. The van der Waals surface area contributed by atoms with Crippen LogP contribution in [0.5, 0.6) is 5.75 Å². The third kappa shape index (κ3) is 20.2. The van der Waals surface area contributed by atoms with Crippen LogP contribution >= 0.6 is 0 Å². The van der Waals surface area contributed by atoms with Gasteiger partial charge >= 0.3 is 12.1 Å². The molecule has 20 heteroatoms. The molecule has 67 heavy (non-hydrogen) atoms. The van der Waals surface area contributed by atoms with Gasteiger partial charge in [-0.25, -0.2) is 9.59 Å². The fraction of sp³-hybridized carbons (Fsp3) is 0.681. The SMILES string of the molecule is CC(C)CC(NC(=O)OC(C)(C)C)C(=O)NC(CC(C)C)C(=O)NC(C(=O)NCC(=O)NC(C)C(=O)N1CCCC1C(=O)NC(CC(C)C)C(=O)NC(Cc1ccc(O)cc1)C(=O)O)C(C)C. The number of aromatic hydroxyl groups is 1. The third-order valence-electron chi connectivity index (χ3n) is 10.6. The minimum absolute atomic E-state index is 0.000799. The summed E-state index contributed by atoms with van der Waals surface area (Å²) in [6, 6.07) is -1.89. The molecule has 2 rings (SSSR count). The number of phenols is 1. The summed E-state index contributed by atoms with van der Waals surface area (Å²) in [6.07, 6.45) is 0.522. The molecule has 0 radical (unpaired) electrons. The van der Waals surface area contributed by atoms with Crippen molar-refractivity contribution in [2.45, 2.75) is 170 Å². The van der Waals surface area contributed by atoms with Crippen LogP contribution in [0.1, 0.15) is 121 Å².